The number of fused-ring (bicyclic) bond motifs is 1. The molecule has 4 rings (SSSR count). The predicted octanol–water partition coefficient (Wildman–Crippen LogP) is 4.61. The number of para-hydroxylation sites is 1. The fourth-order valence-electron chi connectivity index (χ4n) is 3.15. The third-order valence-electron chi connectivity index (χ3n) is 4.51. The molecule has 0 saturated heterocycles. The zero-order valence-electron chi connectivity index (χ0n) is 14.8. The number of anilines is 1. The highest BCUT2D eigenvalue weighted by Gasteiger charge is 2.24. The van der Waals surface area contributed by atoms with Crippen molar-refractivity contribution in [1.82, 2.24) is 9.97 Å². The van der Waals surface area contributed by atoms with E-state index in [1.54, 1.807) is 25.7 Å². The van der Waals surface area contributed by atoms with Gasteiger partial charge in [-0.25, -0.2) is 0 Å². The number of aromatic nitrogens is 2. The SMILES string of the molecule is COc1cncc(NC(C(=O)c2c[nH]c3ccccc23)c2ccccc2)c1. The summed E-state index contributed by atoms with van der Waals surface area (Å²) in [4.78, 5) is 20.8. The molecule has 0 fully saturated rings. The Morgan fingerprint density at radius 1 is 1.07 bits per heavy atom. The maximum atomic E-state index is 13.4. The Morgan fingerprint density at radius 3 is 2.67 bits per heavy atom. The van der Waals surface area contributed by atoms with E-state index in [9.17, 15) is 4.79 Å². The molecular weight excluding hydrogens is 338 g/mol. The summed E-state index contributed by atoms with van der Waals surface area (Å²) in [5.74, 6) is 0.618. The first-order chi connectivity index (χ1) is 13.3. The van der Waals surface area contributed by atoms with Crippen molar-refractivity contribution in [2.24, 2.45) is 0 Å². The number of hydrogen-bond acceptors (Lipinski definition) is 4. The minimum Gasteiger partial charge on any atom is -0.495 e. The molecule has 0 aliphatic rings. The number of rotatable bonds is 6. The Kier molecular flexibility index (Phi) is 4.58. The van der Waals surface area contributed by atoms with Crippen LogP contribution in [0, 0.1) is 0 Å². The van der Waals surface area contributed by atoms with Crippen LogP contribution in [0.1, 0.15) is 22.0 Å². The molecule has 1 unspecified atom stereocenters. The molecule has 5 heteroatoms. The minimum atomic E-state index is -0.542. The number of nitrogens with one attached hydrogen (secondary N) is 2. The molecule has 2 heterocycles. The van der Waals surface area contributed by atoms with Gasteiger partial charge in [-0.05, 0) is 11.6 Å². The summed E-state index contributed by atoms with van der Waals surface area (Å²) in [6.45, 7) is 0. The van der Waals surface area contributed by atoms with Crippen LogP contribution in [0.5, 0.6) is 5.75 Å². The molecule has 0 amide bonds. The van der Waals surface area contributed by atoms with E-state index in [1.807, 2.05) is 60.7 Å². The lowest BCUT2D eigenvalue weighted by Crippen LogP contribution is -2.21. The first-order valence-electron chi connectivity index (χ1n) is 8.67. The van der Waals surface area contributed by atoms with Crippen LogP contribution in [-0.4, -0.2) is 22.9 Å². The maximum Gasteiger partial charge on any atom is 0.191 e. The molecule has 0 bridgehead atoms. The molecule has 0 spiro atoms. The van der Waals surface area contributed by atoms with E-state index in [4.69, 9.17) is 4.74 Å². The molecule has 134 valence electrons. The highest BCUT2D eigenvalue weighted by molar-refractivity contribution is 6.11. The molecule has 0 saturated carbocycles. The average molecular weight is 357 g/mol. The second-order valence-corrected chi connectivity index (χ2v) is 6.21. The molecule has 4 aromatic rings. The largest absolute Gasteiger partial charge is 0.495 e. The topological polar surface area (TPSA) is 67.0 Å². The van der Waals surface area contributed by atoms with Crippen LogP contribution < -0.4 is 10.1 Å². The lowest BCUT2D eigenvalue weighted by atomic mass is 9.97. The highest BCUT2D eigenvalue weighted by atomic mass is 16.5. The van der Waals surface area contributed by atoms with Gasteiger partial charge in [-0.15, -0.1) is 0 Å². The van der Waals surface area contributed by atoms with E-state index in [2.05, 4.69) is 15.3 Å². The molecule has 2 aromatic carbocycles. The van der Waals surface area contributed by atoms with Gasteiger partial charge in [0, 0.05) is 28.7 Å². The number of H-pyrrole nitrogens is 1. The van der Waals surface area contributed by atoms with Gasteiger partial charge in [0.1, 0.15) is 11.8 Å². The minimum absolute atomic E-state index is 0.0125. The van der Waals surface area contributed by atoms with Gasteiger partial charge in [-0.2, -0.15) is 0 Å². The van der Waals surface area contributed by atoms with Gasteiger partial charge in [-0.3, -0.25) is 9.78 Å². The van der Waals surface area contributed by atoms with Crippen LogP contribution in [0.15, 0.2) is 79.3 Å². The quantitative estimate of drug-likeness (QED) is 0.495. The zero-order valence-corrected chi connectivity index (χ0v) is 14.8. The predicted molar refractivity (Wildman–Crippen MR) is 106 cm³/mol. The molecule has 1 atom stereocenters. The zero-order chi connectivity index (χ0) is 18.6. The van der Waals surface area contributed by atoms with Crippen LogP contribution >= 0.6 is 0 Å². The number of hydrogen-bond donors (Lipinski definition) is 2. The third kappa shape index (κ3) is 3.40. The number of ether oxygens (including phenoxy) is 1. The molecule has 0 aliphatic carbocycles. The van der Waals surface area contributed by atoms with Crippen molar-refractivity contribution in [3.63, 3.8) is 0 Å². The Morgan fingerprint density at radius 2 is 1.85 bits per heavy atom. The van der Waals surface area contributed by atoms with Gasteiger partial charge in [0.2, 0.25) is 0 Å². The van der Waals surface area contributed by atoms with E-state index in [0.717, 1.165) is 22.2 Å². The summed E-state index contributed by atoms with van der Waals surface area (Å²) in [6.07, 6.45) is 5.08. The Labute approximate surface area is 157 Å². The van der Waals surface area contributed by atoms with E-state index in [0.29, 0.717) is 11.3 Å². The Balaban J connectivity index is 1.74. The third-order valence-corrected chi connectivity index (χ3v) is 4.51. The standard InChI is InChI=1S/C22H19N3O2/c1-27-17-11-16(12-23-13-17)25-21(15-7-3-2-4-8-15)22(26)19-14-24-20-10-6-5-9-18(19)20/h2-14,21,24-25H,1H3. The van der Waals surface area contributed by atoms with Crippen LogP contribution in [-0.2, 0) is 0 Å². The van der Waals surface area contributed by atoms with Gasteiger partial charge in [-0.1, -0.05) is 48.5 Å². The number of aromatic amines is 1. The molecule has 0 aliphatic heterocycles. The summed E-state index contributed by atoms with van der Waals surface area (Å²) in [5, 5.41) is 4.23. The van der Waals surface area contributed by atoms with Crippen molar-refractivity contribution < 1.29 is 9.53 Å². The van der Waals surface area contributed by atoms with E-state index in [1.165, 1.54) is 0 Å². The fraction of sp³-hybridized carbons (Fsp3) is 0.0909. The molecule has 2 N–H and O–H groups in total. The van der Waals surface area contributed by atoms with Crippen LogP contribution in [0.25, 0.3) is 10.9 Å². The monoisotopic (exact) mass is 357 g/mol. The fourth-order valence-corrected chi connectivity index (χ4v) is 3.15. The van der Waals surface area contributed by atoms with Crippen molar-refractivity contribution in [2.75, 3.05) is 12.4 Å². The summed E-state index contributed by atoms with van der Waals surface area (Å²) in [5.41, 5.74) is 3.20. The molecule has 5 nitrogen and oxygen atoms in total. The van der Waals surface area contributed by atoms with E-state index < -0.39 is 6.04 Å². The second kappa shape index (κ2) is 7.33. The van der Waals surface area contributed by atoms with Crippen molar-refractivity contribution >= 4 is 22.4 Å². The number of ketones is 1. The smallest absolute Gasteiger partial charge is 0.191 e. The molecular formula is C22H19N3O2. The lowest BCUT2D eigenvalue weighted by molar-refractivity contribution is 0.0971. The van der Waals surface area contributed by atoms with Crippen molar-refractivity contribution in [3.05, 3.63) is 90.4 Å². The number of methoxy groups -OCH3 is 1. The van der Waals surface area contributed by atoms with Crippen molar-refractivity contribution in [2.45, 2.75) is 6.04 Å². The summed E-state index contributed by atoms with van der Waals surface area (Å²) < 4.78 is 5.24. The number of nitrogens with zero attached hydrogens (tertiary/aromatic N) is 1. The van der Waals surface area contributed by atoms with Crippen LogP contribution in [0.2, 0.25) is 0 Å². The first-order valence-corrected chi connectivity index (χ1v) is 8.67. The maximum absolute atomic E-state index is 13.4. The van der Waals surface area contributed by atoms with Crippen LogP contribution in [0.4, 0.5) is 5.69 Å². The number of Topliss-reactive ketones (excluding diaryl/α,β-unsaturated/α-hetero) is 1. The Hall–Kier alpha value is -3.60. The molecule has 2 aromatic heterocycles. The van der Waals surface area contributed by atoms with Crippen LogP contribution in [0.3, 0.4) is 0 Å². The van der Waals surface area contributed by atoms with E-state index in [-0.39, 0.29) is 5.78 Å². The lowest BCUT2D eigenvalue weighted by Gasteiger charge is -2.19. The molecule has 27 heavy (non-hydrogen) atoms. The summed E-state index contributed by atoms with van der Waals surface area (Å²) in [7, 11) is 1.59. The van der Waals surface area contributed by atoms with Gasteiger partial charge in [0.15, 0.2) is 5.78 Å². The van der Waals surface area contributed by atoms with Gasteiger partial charge in [0.25, 0.3) is 0 Å². The molecule has 0 radical (unpaired) electrons. The average Bonchev–Trinajstić information content (AvgIpc) is 3.16. The highest BCUT2D eigenvalue weighted by Crippen LogP contribution is 2.28. The van der Waals surface area contributed by atoms with Gasteiger partial charge < -0.3 is 15.0 Å². The normalized spacial score (nSPS) is 11.9. The van der Waals surface area contributed by atoms with Crippen molar-refractivity contribution in [3.8, 4) is 5.75 Å². The van der Waals surface area contributed by atoms with E-state index >= 15 is 0 Å². The number of carbonyl (C=O) groups excluding carboxylic acids is 1. The Bertz CT molecular complexity index is 1070. The second-order valence-electron chi connectivity index (χ2n) is 6.21. The number of carbonyl (C=O) groups is 1. The van der Waals surface area contributed by atoms with Crippen molar-refractivity contribution in [1.29, 1.82) is 0 Å². The number of benzene rings is 2. The first kappa shape index (κ1) is 16.8. The van der Waals surface area contributed by atoms with Gasteiger partial charge >= 0.3 is 0 Å². The summed E-state index contributed by atoms with van der Waals surface area (Å²) >= 11 is 0. The summed E-state index contributed by atoms with van der Waals surface area (Å²) in [6, 6.07) is 18.8. The van der Waals surface area contributed by atoms with Gasteiger partial charge in [0.05, 0.1) is 25.2 Å². The number of pyridine rings is 1.